The number of rotatable bonds is 1. The van der Waals surface area contributed by atoms with Gasteiger partial charge in [-0.25, -0.2) is 0 Å². The van der Waals surface area contributed by atoms with E-state index in [1.54, 1.807) is 38.5 Å². The molecule has 0 spiro atoms. The quantitative estimate of drug-likeness (QED) is 0.781. The van der Waals surface area contributed by atoms with Gasteiger partial charge < -0.3 is 5.32 Å². The maximum absolute atomic E-state index is 3.65. The molecule has 2 heteroatoms. The molecule has 5 aliphatic rings. The Kier molecular flexibility index (Phi) is 3.15. The van der Waals surface area contributed by atoms with Crippen LogP contribution in [0.25, 0.3) is 0 Å². The molecule has 1 saturated heterocycles. The predicted molar refractivity (Wildman–Crippen MR) is 79.2 cm³/mol. The molecule has 5 rings (SSSR count). The van der Waals surface area contributed by atoms with Crippen LogP contribution in [-0.2, 0) is 0 Å². The maximum Gasteiger partial charge on any atom is 0.0217 e. The fourth-order valence-electron chi connectivity index (χ4n) is 6.11. The number of hydrogen-bond donors (Lipinski definition) is 1. The monoisotopic (exact) mass is 262 g/mol. The molecule has 4 saturated carbocycles. The third-order valence-corrected chi connectivity index (χ3v) is 6.61. The Balaban J connectivity index is 1.53. The molecule has 108 valence electrons. The van der Waals surface area contributed by atoms with Gasteiger partial charge in [-0.1, -0.05) is 0 Å². The van der Waals surface area contributed by atoms with E-state index in [1.165, 1.54) is 32.5 Å². The zero-order valence-electron chi connectivity index (χ0n) is 12.5. The largest absolute Gasteiger partial charge is 0.314 e. The summed E-state index contributed by atoms with van der Waals surface area (Å²) in [6.45, 7) is 6.29. The van der Waals surface area contributed by atoms with Crippen molar-refractivity contribution in [2.75, 3.05) is 19.6 Å². The molecule has 1 N–H and O–H groups in total. The van der Waals surface area contributed by atoms with Gasteiger partial charge in [-0.2, -0.15) is 0 Å². The van der Waals surface area contributed by atoms with E-state index in [0.29, 0.717) is 5.54 Å². The van der Waals surface area contributed by atoms with Crippen molar-refractivity contribution in [3.05, 3.63) is 0 Å². The second-order valence-electron chi connectivity index (χ2n) is 8.13. The second-order valence-corrected chi connectivity index (χ2v) is 8.13. The summed E-state index contributed by atoms with van der Waals surface area (Å²) in [6.07, 6.45) is 12.1. The standard InChI is InChI=1S/C17H30N2/c1-13-3-6-19(5-2-4-18-13)17-10-14-7-15(11-17)9-16(8-14)12-17/h13-16,18H,2-12H2,1H3. The minimum atomic E-state index is 0.645. The van der Waals surface area contributed by atoms with Crippen LogP contribution in [0, 0.1) is 17.8 Å². The first kappa shape index (κ1) is 12.6. The van der Waals surface area contributed by atoms with Gasteiger partial charge in [0.1, 0.15) is 0 Å². The molecule has 1 heterocycles. The van der Waals surface area contributed by atoms with E-state index in [-0.39, 0.29) is 0 Å². The summed E-state index contributed by atoms with van der Waals surface area (Å²) in [5.41, 5.74) is 0.645. The summed E-state index contributed by atoms with van der Waals surface area (Å²) < 4.78 is 0. The molecule has 19 heavy (non-hydrogen) atoms. The lowest BCUT2D eigenvalue weighted by atomic mass is 9.52. The Bertz CT molecular complexity index is 303. The van der Waals surface area contributed by atoms with Crippen LogP contribution in [0.1, 0.15) is 58.3 Å². The van der Waals surface area contributed by atoms with Crippen molar-refractivity contribution >= 4 is 0 Å². The molecular formula is C17H30N2. The molecule has 0 aromatic heterocycles. The summed E-state index contributed by atoms with van der Waals surface area (Å²) in [4.78, 5) is 2.95. The predicted octanol–water partition coefficient (Wildman–Crippen LogP) is 3.03. The molecule has 1 unspecified atom stereocenters. The molecular weight excluding hydrogens is 232 g/mol. The van der Waals surface area contributed by atoms with E-state index < -0.39 is 0 Å². The average molecular weight is 262 g/mol. The van der Waals surface area contributed by atoms with Gasteiger partial charge in [0, 0.05) is 18.1 Å². The topological polar surface area (TPSA) is 15.3 Å². The van der Waals surface area contributed by atoms with Gasteiger partial charge in [-0.05, 0) is 89.1 Å². The molecule has 0 amide bonds. The van der Waals surface area contributed by atoms with Gasteiger partial charge in [0.25, 0.3) is 0 Å². The van der Waals surface area contributed by atoms with Crippen LogP contribution < -0.4 is 5.32 Å². The number of hydrogen-bond acceptors (Lipinski definition) is 2. The van der Waals surface area contributed by atoms with E-state index in [0.717, 1.165) is 23.8 Å². The summed E-state index contributed by atoms with van der Waals surface area (Å²) in [6, 6.07) is 0.719. The van der Waals surface area contributed by atoms with Crippen molar-refractivity contribution < 1.29 is 0 Å². The zero-order chi connectivity index (χ0) is 12.9. The van der Waals surface area contributed by atoms with Crippen LogP contribution in [-0.4, -0.2) is 36.1 Å². The Morgan fingerprint density at radius 1 is 0.947 bits per heavy atom. The lowest BCUT2D eigenvalue weighted by molar-refractivity contribution is -0.0910. The van der Waals surface area contributed by atoms with Crippen LogP contribution in [0.3, 0.4) is 0 Å². The highest BCUT2D eigenvalue weighted by Gasteiger charge is 2.53. The summed E-state index contributed by atoms with van der Waals surface area (Å²) in [5.74, 6) is 3.27. The minimum absolute atomic E-state index is 0.645. The summed E-state index contributed by atoms with van der Waals surface area (Å²) >= 11 is 0. The van der Waals surface area contributed by atoms with Gasteiger partial charge in [0.2, 0.25) is 0 Å². The Morgan fingerprint density at radius 2 is 1.58 bits per heavy atom. The Morgan fingerprint density at radius 3 is 2.21 bits per heavy atom. The van der Waals surface area contributed by atoms with Crippen LogP contribution in [0.5, 0.6) is 0 Å². The normalized spacial score (nSPS) is 51.0. The highest BCUT2D eigenvalue weighted by Crippen LogP contribution is 2.57. The molecule has 0 aromatic carbocycles. The van der Waals surface area contributed by atoms with Crippen molar-refractivity contribution in [1.82, 2.24) is 10.2 Å². The Labute approximate surface area is 118 Å². The van der Waals surface area contributed by atoms with Gasteiger partial charge in [-0.3, -0.25) is 4.90 Å². The van der Waals surface area contributed by atoms with Crippen molar-refractivity contribution in [3.8, 4) is 0 Å². The third-order valence-electron chi connectivity index (χ3n) is 6.61. The minimum Gasteiger partial charge on any atom is -0.314 e. The van der Waals surface area contributed by atoms with Crippen molar-refractivity contribution in [3.63, 3.8) is 0 Å². The molecule has 4 aliphatic carbocycles. The highest BCUT2D eigenvalue weighted by atomic mass is 15.2. The first-order valence-electron chi connectivity index (χ1n) is 8.72. The van der Waals surface area contributed by atoms with Crippen molar-refractivity contribution in [1.29, 1.82) is 0 Å². The summed E-state index contributed by atoms with van der Waals surface area (Å²) in [5, 5.41) is 3.65. The molecule has 0 radical (unpaired) electrons. The average Bonchev–Trinajstić information content (AvgIpc) is 2.32. The van der Waals surface area contributed by atoms with Gasteiger partial charge in [0.05, 0.1) is 0 Å². The second kappa shape index (κ2) is 4.73. The molecule has 1 aliphatic heterocycles. The van der Waals surface area contributed by atoms with Gasteiger partial charge in [-0.15, -0.1) is 0 Å². The van der Waals surface area contributed by atoms with Crippen LogP contribution in [0.15, 0.2) is 0 Å². The van der Waals surface area contributed by atoms with Crippen LogP contribution >= 0.6 is 0 Å². The third kappa shape index (κ3) is 2.25. The first-order valence-corrected chi connectivity index (χ1v) is 8.72. The molecule has 1 atom stereocenters. The molecule has 5 fully saturated rings. The highest BCUT2D eigenvalue weighted by molar-refractivity contribution is 5.07. The van der Waals surface area contributed by atoms with Gasteiger partial charge >= 0.3 is 0 Å². The molecule has 0 aromatic rings. The lowest BCUT2D eigenvalue weighted by Gasteiger charge is -2.61. The number of nitrogens with one attached hydrogen (secondary N) is 1. The van der Waals surface area contributed by atoms with E-state index >= 15 is 0 Å². The van der Waals surface area contributed by atoms with Gasteiger partial charge in [0.15, 0.2) is 0 Å². The van der Waals surface area contributed by atoms with E-state index in [9.17, 15) is 0 Å². The smallest absolute Gasteiger partial charge is 0.0217 e. The van der Waals surface area contributed by atoms with E-state index in [1.807, 2.05) is 0 Å². The fraction of sp³-hybridized carbons (Fsp3) is 1.00. The van der Waals surface area contributed by atoms with Crippen molar-refractivity contribution in [2.24, 2.45) is 17.8 Å². The lowest BCUT2D eigenvalue weighted by Crippen LogP contribution is -2.61. The van der Waals surface area contributed by atoms with E-state index in [4.69, 9.17) is 0 Å². The van der Waals surface area contributed by atoms with E-state index in [2.05, 4.69) is 17.1 Å². The maximum atomic E-state index is 3.65. The van der Waals surface area contributed by atoms with Crippen LogP contribution in [0.2, 0.25) is 0 Å². The van der Waals surface area contributed by atoms with Crippen LogP contribution in [0.4, 0.5) is 0 Å². The number of nitrogens with zero attached hydrogens (tertiary/aromatic N) is 1. The first-order chi connectivity index (χ1) is 9.23. The van der Waals surface area contributed by atoms with Crippen molar-refractivity contribution in [2.45, 2.75) is 69.9 Å². The molecule has 4 bridgehead atoms. The Hall–Kier alpha value is -0.0800. The summed E-state index contributed by atoms with van der Waals surface area (Å²) in [7, 11) is 0. The zero-order valence-corrected chi connectivity index (χ0v) is 12.5. The fourth-order valence-corrected chi connectivity index (χ4v) is 6.11. The molecule has 2 nitrogen and oxygen atoms in total. The SMILES string of the molecule is CC1CCN(C23CC4CC(CC(C4)C2)C3)CCCN1.